The smallest absolute Gasteiger partial charge is 0.252 e. The molecule has 1 atom stereocenters. The molecule has 2 N–H and O–H groups in total. The largest absolute Gasteiger partial charge is 0.467 e. The molecule has 0 saturated carbocycles. The van der Waals surface area contributed by atoms with E-state index in [0.29, 0.717) is 34.6 Å². The number of amides is 1. The van der Waals surface area contributed by atoms with Gasteiger partial charge in [-0.05, 0) is 30.3 Å². The van der Waals surface area contributed by atoms with Crippen molar-refractivity contribution in [1.82, 2.24) is 20.1 Å². The first kappa shape index (κ1) is 19.8. The fourth-order valence-corrected chi connectivity index (χ4v) is 3.52. The van der Waals surface area contributed by atoms with Gasteiger partial charge in [-0.15, -0.1) is 0 Å². The molecule has 4 aromatic heterocycles. The molecule has 0 aliphatic carbocycles. The second kappa shape index (κ2) is 8.52. The summed E-state index contributed by atoms with van der Waals surface area (Å²) in [6.45, 7) is 0.400. The van der Waals surface area contributed by atoms with Crippen LogP contribution in [-0.4, -0.2) is 32.3 Å². The van der Waals surface area contributed by atoms with Crippen LogP contribution in [0.4, 0.5) is 0 Å². The van der Waals surface area contributed by atoms with Crippen molar-refractivity contribution >= 4 is 16.9 Å². The number of hydrogen-bond acceptors (Lipinski definition) is 6. The Hall–Kier alpha value is -4.17. The van der Waals surface area contributed by atoms with Crippen LogP contribution in [0.15, 0.2) is 88.2 Å². The van der Waals surface area contributed by atoms with Crippen molar-refractivity contribution in [2.24, 2.45) is 0 Å². The van der Waals surface area contributed by atoms with Crippen LogP contribution in [-0.2, 0) is 6.54 Å². The van der Waals surface area contributed by atoms with Crippen molar-refractivity contribution in [3.8, 4) is 11.3 Å². The monoisotopic (exact) mass is 428 g/mol. The topological polar surface area (TPSA) is 106 Å². The van der Waals surface area contributed by atoms with E-state index in [2.05, 4.69) is 10.4 Å². The molecule has 1 amide bonds. The van der Waals surface area contributed by atoms with E-state index < -0.39 is 6.10 Å². The summed E-state index contributed by atoms with van der Waals surface area (Å²) in [4.78, 5) is 17.9. The predicted octanol–water partition coefficient (Wildman–Crippen LogP) is 3.80. The molecule has 32 heavy (non-hydrogen) atoms. The quantitative estimate of drug-likeness (QED) is 0.408. The lowest BCUT2D eigenvalue weighted by molar-refractivity contribution is 0.0902. The van der Waals surface area contributed by atoms with E-state index >= 15 is 0 Å². The highest BCUT2D eigenvalue weighted by molar-refractivity contribution is 6.06. The van der Waals surface area contributed by atoms with Crippen LogP contribution < -0.4 is 5.32 Å². The van der Waals surface area contributed by atoms with Gasteiger partial charge < -0.3 is 19.3 Å². The number of carbonyl (C=O) groups is 1. The third kappa shape index (κ3) is 3.91. The molecule has 0 bridgehead atoms. The second-order valence-electron chi connectivity index (χ2n) is 7.28. The lowest BCUT2D eigenvalue weighted by Crippen LogP contribution is -2.28. The molecule has 1 unspecified atom stereocenters. The van der Waals surface area contributed by atoms with E-state index in [9.17, 15) is 9.90 Å². The summed E-state index contributed by atoms with van der Waals surface area (Å²) in [7, 11) is 0. The summed E-state index contributed by atoms with van der Waals surface area (Å²) in [5.41, 5.74) is 2.52. The number of rotatable bonds is 7. The highest BCUT2D eigenvalue weighted by atomic mass is 16.4. The minimum atomic E-state index is -0.943. The number of aliphatic hydroxyl groups is 1. The average molecular weight is 428 g/mol. The first-order chi connectivity index (χ1) is 15.7. The van der Waals surface area contributed by atoms with Crippen molar-refractivity contribution in [1.29, 1.82) is 0 Å². The second-order valence-corrected chi connectivity index (χ2v) is 7.28. The van der Waals surface area contributed by atoms with Gasteiger partial charge in [0.15, 0.2) is 5.65 Å². The zero-order valence-corrected chi connectivity index (χ0v) is 17.0. The molecule has 1 aromatic carbocycles. The summed E-state index contributed by atoms with van der Waals surface area (Å²) in [5.74, 6) is 0.786. The maximum Gasteiger partial charge on any atom is 0.252 e. The summed E-state index contributed by atoms with van der Waals surface area (Å²) in [5, 5.41) is 18.1. The van der Waals surface area contributed by atoms with Crippen LogP contribution in [0.2, 0.25) is 0 Å². The Balaban J connectivity index is 1.51. The number of furan rings is 2. The normalized spacial score (nSPS) is 12.2. The van der Waals surface area contributed by atoms with Crippen LogP contribution in [0.5, 0.6) is 0 Å². The number of benzene rings is 1. The highest BCUT2D eigenvalue weighted by Crippen LogP contribution is 2.25. The molecular formula is C24H20N4O4. The molecule has 0 radical (unpaired) electrons. The zero-order valence-electron chi connectivity index (χ0n) is 17.0. The van der Waals surface area contributed by atoms with Crippen molar-refractivity contribution in [3.05, 3.63) is 96.5 Å². The van der Waals surface area contributed by atoms with Gasteiger partial charge in [0.25, 0.3) is 5.91 Å². The van der Waals surface area contributed by atoms with E-state index in [1.54, 1.807) is 35.3 Å². The summed E-state index contributed by atoms with van der Waals surface area (Å²) in [6.07, 6.45) is 3.76. The molecule has 4 heterocycles. The maximum atomic E-state index is 13.1. The van der Waals surface area contributed by atoms with E-state index in [0.717, 1.165) is 11.3 Å². The minimum Gasteiger partial charge on any atom is -0.467 e. The lowest BCUT2D eigenvalue weighted by atomic mass is 10.1. The fourth-order valence-electron chi connectivity index (χ4n) is 3.52. The molecular weight excluding hydrogens is 408 g/mol. The highest BCUT2D eigenvalue weighted by Gasteiger charge is 2.19. The van der Waals surface area contributed by atoms with E-state index in [1.165, 1.54) is 6.26 Å². The van der Waals surface area contributed by atoms with Crippen molar-refractivity contribution in [2.45, 2.75) is 12.6 Å². The van der Waals surface area contributed by atoms with Crippen LogP contribution in [0, 0.1) is 0 Å². The molecule has 0 spiro atoms. The Morgan fingerprint density at radius 2 is 1.88 bits per heavy atom. The average Bonchev–Trinajstić information content (AvgIpc) is 3.60. The van der Waals surface area contributed by atoms with Crippen molar-refractivity contribution in [3.63, 3.8) is 0 Å². The van der Waals surface area contributed by atoms with Crippen molar-refractivity contribution in [2.75, 3.05) is 6.54 Å². The van der Waals surface area contributed by atoms with Crippen molar-refractivity contribution < 1.29 is 18.7 Å². The first-order valence-corrected chi connectivity index (χ1v) is 10.1. The number of carbonyl (C=O) groups excluding carboxylic acids is 1. The summed E-state index contributed by atoms with van der Waals surface area (Å²) >= 11 is 0. The first-order valence-electron chi connectivity index (χ1n) is 10.1. The van der Waals surface area contributed by atoms with Crippen LogP contribution in [0.25, 0.3) is 22.3 Å². The number of hydrogen-bond donors (Lipinski definition) is 2. The number of nitrogens with zero attached hydrogens (tertiary/aromatic N) is 3. The van der Waals surface area contributed by atoms with Gasteiger partial charge in [0.2, 0.25) is 0 Å². The van der Waals surface area contributed by atoms with Gasteiger partial charge in [0.1, 0.15) is 24.2 Å². The van der Waals surface area contributed by atoms with Gasteiger partial charge in [-0.3, -0.25) is 4.79 Å². The SMILES string of the molecule is O=C(NCC(O)c1ccco1)c1cc(-c2ccccc2)nc2c1cnn2Cc1ccco1. The van der Waals surface area contributed by atoms with E-state index in [1.807, 2.05) is 42.5 Å². The van der Waals surface area contributed by atoms with Gasteiger partial charge in [-0.2, -0.15) is 5.10 Å². The Kier molecular flexibility index (Phi) is 5.27. The summed E-state index contributed by atoms with van der Waals surface area (Å²) in [6, 6.07) is 18.4. The number of nitrogens with one attached hydrogen (secondary N) is 1. The van der Waals surface area contributed by atoms with Gasteiger partial charge in [-0.1, -0.05) is 30.3 Å². The molecule has 0 aliphatic rings. The molecule has 0 aliphatic heterocycles. The van der Waals surface area contributed by atoms with Gasteiger partial charge >= 0.3 is 0 Å². The van der Waals surface area contributed by atoms with Crippen LogP contribution >= 0.6 is 0 Å². The van der Waals surface area contributed by atoms with Crippen LogP contribution in [0.3, 0.4) is 0 Å². The lowest BCUT2D eigenvalue weighted by Gasteiger charge is -2.12. The number of pyridine rings is 1. The van der Waals surface area contributed by atoms with Gasteiger partial charge in [0, 0.05) is 5.56 Å². The Morgan fingerprint density at radius 3 is 2.62 bits per heavy atom. The molecule has 0 fully saturated rings. The Labute approximate surface area is 183 Å². The minimum absolute atomic E-state index is 0.0113. The number of aromatic nitrogens is 3. The van der Waals surface area contributed by atoms with E-state index in [-0.39, 0.29) is 12.5 Å². The van der Waals surface area contributed by atoms with E-state index in [4.69, 9.17) is 13.8 Å². The number of fused-ring (bicyclic) bond motifs is 1. The van der Waals surface area contributed by atoms with Gasteiger partial charge in [-0.25, -0.2) is 9.67 Å². The predicted molar refractivity (Wildman–Crippen MR) is 117 cm³/mol. The molecule has 5 aromatic rings. The molecule has 8 nitrogen and oxygen atoms in total. The third-order valence-electron chi connectivity index (χ3n) is 5.14. The molecule has 5 rings (SSSR count). The van der Waals surface area contributed by atoms with Crippen LogP contribution in [0.1, 0.15) is 28.0 Å². The molecule has 0 saturated heterocycles. The molecule has 8 heteroatoms. The van der Waals surface area contributed by atoms with Gasteiger partial charge in [0.05, 0.1) is 41.9 Å². The standard InChI is InChI=1S/C24H20N4O4/c29-21(22-9-5-11-32-22)14-25-24(30)18-12-20(16-6-2-1-3-7-16)27-23-19(18)13-26-28(23)15-17-8-4-10-31-17/h1-13,21,29H,14-15H2,(H,25,30). The summed E-state index contributed by atoms with van der Waals surface area (Å²) < 4.78 is 12.3. The Morgan fingerprint density at radius 1 is 1.06 bits per heavy atom. The third-order valence-corrected chi connectivity index (χ3v) is 5.14. The number of aliphatic hydroxyl groups excluding tert-OH is 1. The fraction of sp³-hybridized carbons (Fsp3) is 0.125. The Bertz CT molecular complexity index is 1330. The maximum absolute atomic E-state index is 13.1. The zero-order chi connectivity index (χ0) is 21.9. The molecule has 160 valence electrons.